The van der Waals surface area contributed by atoms with E-state index in [-0.39, 0.29) is 23.1 Å². The molecular weight excluding hydrogens is 412 g/mol. The molecule has 0 atom stereocenters. The maximum Gasteiger partial charge on any atom is 0.309 e. The van der Waals surface area contributed by atoms with Crippen LogP contribution >= 0.6 is 50.1 Å². The second-order valence-electron chi connectivity index (χ2n) is 2.72. The minimum Gasteiger partial charge on any atom is -0.386 e. The van der Waals surface area contributed by atoms with E-state index in [0.717, 1.165) is 0 Å². The number of halogens is 3. The minimum absolute atomic E-state index is 0.0315. The van der Waals surface area contributed by atoms with Crippen LogP contribution in [0.15, 0.2) is 21.6 Å². The standard InChI is InChI=1S/C8H6BrClIN3O2/c9-4-1-2-5(13-6(12)3-10)8(7(4)11)14(15)16/h1-2H,3H2,(H2,12,13). The third-order valence-corrected chi connectivity index (χ3v) is 4.40. The molecule has 1 aromatic rings. The van der Waals surface area contributed by atoms with Crippen molar-refractivity contribution < 1.29 is 4.92 Å². The van der Waals surface area contributed by atoms with Crippen LogP contribution in [0.25, 0.3) is 0 Å². The molecule has 0 aliphatic rings. The zero-order chi connectivity index (χ0) is 12.3. The lowest BCUT2D eigenvalue weighted by Crippen LogP contribution is -2.12. The van der Waals surface area contributed by atoms with Crippen molar-refractivity contribution in [3.8, 4) is 0 Å². The van der Waals surface area contributed by atoms with Gasteiger partial charge in [-0.15, -0.1) is 11.6 Å². The largest absolute Gasteiger partial charge is 0.386 e. The highest BCUT2D eigenvalue weighted by Gasteiger charge is 2.20. The lowest BCUT2D eigenvalue weighted by atomic mass is 10.3. The van der Waals surface area contributed by atoms with Crippen molar-refractivity contribution in [2.24, 2.45) is 10.7 Å². The Morgan fingerprint density at radius 2 is 2.31 bits per heavy atom. The summed E-state index contributed by atoms with van der Waals surface area (Å²) in [4.78, 5) is 14.3. The molecule has 0 radical (unpaired) electrons. The summed E-state index contributed by atoms with van der Waals surface area (Å²) in [6.45, 7) is 0. The summed E-state index contributed by atoms with van der Waals surface area (Å²) in [5.74, 6) is 0.173. The Hall–Kier alpha value is -0.410. The van der Waals surface area contributed by atoms with Crippen LogP contribution in [0, 0.1) is 13.7 Å². The highest BCUT2D eigenvalue weighted by atomic mass is 127. The zero-order valence-electron chi connectivity index (χ0n) is 7.78. The molecule has 2 N–H and O–H groups in total. The van der Waals surface area contributed by atoms with Gasteiger partial charge in [-0.1, -0.05) is 0 Å². The summed E-state index contributed by atoms with van der Waals surface area (Å²) in [6.07, 6.45) is 0. The Balaban J connectivity index is 3.40. The van der Waals surface area contributed by atoms with Crippen LogP contribution in [0.1, 0.15) is 0 Å². The average Bonchev–Trinajstić information content (AvgIpc) is 2.23. The first-order valence-electron chi connectivity index (χ1n) is 3.98. The molecule has 0 bridgehead atoms. The molecule has 86 valence electrons. The van der Waals surface area contributed by atoms with Gasteiger partial charge in [0.05, 0.1) is 10.8 Å². The van der Waals surface area contributed by atoms with Crippen LogP contribution in [0.5, 0.6) is 0 Å². The van der Waals surface area contributed by atoms with Crippen LogP contribution in [0.4, 0.5) is 11.4 Å². The van der Waals surface area contributed by atoms with E-state index in [4.69, 9.17) is 17.3 Å². The first kappa shape index (κ1) is 13.7. The number of nitro groups is 1. The van der Waals surface area contributed by atoms with Crippen molar-refractivity contribution >= 4 is 67.3 Å². The van der Waals surface area contributed by atoms with E-state index in [9.17, 15) is 10.1 Å². The fraction of sp³-hybridized carbons (Fsp3) is 0.125. The summed E-state index contributed by atoms with van der Waals surface area (Å²) >= 11 is 10.6. The molecule has 0 heterocycles. The Morgan fingerprint density at radius 3 is 2.81 bits per heavy atom. The quantitative estimate of drug-likeness (QED) is 0.204. The van der Waals surface area contributed by atoms with Crippen molar-refractivity contribution in [2.75, 3.05) is 5.88 Å². The number of alkyl halides is 1. The van der Waals surface area contributed by atoms with Gasteiger partial charge in [-0.2, -0.15) is 0 Å². The van der Waals surface area contributed by atoms with Gasteiger partial charge in [0.1, 0.15) is 15.1 Å². The highest BCUT2D eigenvalue weighted by molar-refractivity contribution is 14.1. The number of amidine groups is 1. The number of hydrogen-bond acceptors (Lipinski definition) is 3. The number of benzene rings is 1. The summed E-state index contributed by atoms with van der Waals surface area (Å²) in [6, 6.07) is 3.19. The molecule has 0 saturated heterocycles. The maximum absolute atomic E-state index is 10.9. The zero-order valence-corrected chi connectivity index (χ0v) is 12.3. The highest BCUT2D eigenvalue weighted by Crippen LogP contribution is 2.36. The van der Waals surface area contributed by atoms with E-state index in [1.165, 1.54) is 6.07 Å². The van der Waals surface area contributed by atoms with E-state index in [0.29, 0.717) is 8.04 Å². The van der Waals surface area contributed by atoms with Gasteiger partial charge in [-0.25, -0.2) is 4.99 Å². The molecule has 0 spiro atoms. The molecule has 1 aromatic carbocycles. The maximum atomic E-state index is 10.9. The lowest BCUT2D eigenvalue weighted by Gasteiger charge is -2.02. The molecule has 0 aliphatic heterocycles. The smallest absolute Gasteiger partial charge is 0.309 e. The Kier molecular flexibility index (Phi) is 4.93. The molecule has 5 nitrogen and oxygen atoms in total. The Morgan fingerprint density at radius 1 is 1.69 bits per heavy atom. The van der Waals surface area contributed by atoms with Gasteiger partial charge < -0.3 is 5.73 Å². The van der Waals surface area contributed by atoms with Gasteiger partial charge in [0.2, 0.25) is 0 Å². The third-order valence-electron chi connectivity index (χ3n) is 1.63. The molecule has 16 heavy (non-hydrogen) atoms. The predicted molar refractivity (Wildman–Crippen MR) is 75.5 cm³/mol. The topological polar surface area (TPSA) is 81.5 Å². The van der Waals surface area contributed by atoms with E-state index in [1.807, 2.05) is 22.6 Å². The van der Waals surface area contributed by atoms with Crippen molar-refractivity contribution in [1.82, 2.24) is 0 Å². The summed E-state index contributed by atoms with van der Waals surface area (Å²) in [7, 11) is 0. The van der Waals surface area contributed by atoms with Gasteiger partial charge in [-0.05, 0) is 50.7 Å². The third kappa shape index (κ3) is 3.05. The molecule has 0 aromatic heterocycles. The van der Waals surface area contributed by atoms with Crippen LogP contribution in [0.2, 0.25) is 0 Å². The van der Waals surface area contributed by atoms with Crippen LogP contribution in [-0.2, 0) is 0 Å². The van der Waals surface area contributed by atoms with Gasteiger partial charge in [0.15, 0.2) is 0 Å². The fourth-order valence-corrected chi connectivity index (χ4v) is 2.01. The number of nitrogens with two attached hydrogens (primary N) is 1. The summed E-state index contributed by atoms with van der Waals surface area (Å²) < 4.78 is 1.12. The molecule has 8 heteroatoms. The van der Waals surface area contributed by atoms with E-state index < -0.39 is 4.92 Å². The van der Waals surface area contributed by atoms with Crippen LogP contribution in [-0.4, -0.2) is 16.6 Å². The lowest BCUT2D eigenvalue weighted by molar-refractivity contribution is -0.385. The summed E-state index contributed by atoms with van der Waals surface area (Å²) in [5, 5.41) is 10.9. The van der Waals surface area contributed by atoms with Crippen LogP contribution < -0.4 is 5.73 Å². The van der Waals surface area contributed by atoms with Gasteiger partial charge in [0.25, 0.3) is 0 Å². The molecule has 0 unspecified atom stereocenters. The Labute approximate surface area is 118 Å². The van der Waals surface area contributed by atoms with E-state index >= 15 is 0 Å². The molecular formula is C8H6BrClIN3O2. The van der Waals surface area contributed by atoms with Gasteiger partial charge in [0, 0.05) is 4.47 Å². The van der Waals surface area contributed by atoms with Gasteiger partial charge in [-0.3, -0.25) is 10.1 Å². The molecule has 1 rings (SSSR count). The number of hydrogen-bond donors (Lipinski definition) is 1. The van der Waals surface area contributed by atoms with Crippen LogP contribution in [0.3, 0.4) is 0 Å². The number of nitro benzene ring substituents is 1. The molecule has 0 amide bonds. The van der Waals surface area contributed by atoms with Crippen molar-refractivity contribution in [2.45, 2.75) is 0 Å². The predicted octanol–water partition coefficient (Wildman–Crippen LogP) is 3.19. The first-order chi connectivity index (χ1) is 7.47. The Bertz CT molecular complexity index is 467. The van der Waals surface area contributed by atoms with Crippen molar-refractivity contribution in [3.05, 3.63) is 30.3 Å². The number of aliphatic imine (C=N–C) groups is 1. The second-order valence-corrected chi connectivity index (χ2v) is 4.92. The summed E-state index contributed by atoms with van der Waals surface area (Å²) in [5.41, 5.74) is 5.57. The normalized spacial score (nSPS) is 11.6. The van der Waals surface area contributed by atoms with Crippen molar-refractivity contribution in [3.63, 3.8) is 0 Å². The fourth-order valence-electron chi connectivity index (χ4n) is 0.978. The molecule has 0 aliphatic carbocycles. The van der Waals surface area contributed by atoms with E-state index in [2.05, 4.69) is 20.9 Å². The molecule has 0 saturated carbocycles. The number of rotatable bonds is 3. The van der Waals surface area contributed by atoms with Crippen molar-refractivity contribution in [1.29, 1.82) is 0 Å². The van der Waals surface area contributed by atoms with Gasteiger partial charge >= 0.3 is 5.69 Å². The number of nitrogens with zero attached hydrogens (tertiary/aromatic N) is 2. The first-order valence-corrected chi connectivity index (χ1v) is 6.39. The average molecular weight is 418 g/mol. The SMILES string of the molecule is NC(CCl)=Nc1ccc(Br)c(I)c1[N+](=O)[O-]. The minimum atomic E-state index is -0.493. The second kappa shape index (κ2) is 5.78. The monoisotopic (exact) mass is 417 g/mol. The molecule has 0 fully saturated rings. The van der Waals surface area contributed by atoms with E-state index in [1.54, 1.807) is 6.07 Å².